The average molecular weight is 422 g/mol. The fraction of sp³-hybridized carbons (Fsp3) is 0.227. The number of benzene rings is 2. The van der Waals surface area contributed by atoms with Gasteiger partial charge in [0.25, 0.3) is 0 Å². The van der Waals surface area contributed by atoms with Crippen LogP contribution in [0.4, 0.5) is 10.5 Å². The van der Waals surface area contributed by atoms with Gasteiger partial charge in [0.05, 0.1) is 18.8 Å². The first-order chi connectivity index (χ1) is 14.7. The van der Waals surface area contributed by atoms with Gasteiger partial charge in [-0.1, -0.05) is 23.7 Å². The highest BCUT2D eigenvalue weighted by molar-refractivity contribution is 6.30. The zero-order chi connectivity index (χ0) is 20.5. The summed E-state index contributed by atoms with van der Waals surface area (Å²) < 4.78 is 7.36. The smallest absolute Gasteiger partial charge is 0.322 e. The predicted molar refractivity (Wildman–Crippen MR) is 114 cm³/mol. The molecule has 2 aromatic heterocycles. The number of hydrogen-bond donors (Lipinski definition) is 1. The molecular weight excluding hydrogens is 402 g/mol. The summed E-state index contributed by atoms with van der Waals surface area (Å²) in [4.78, 5) is 14.9. The summed E-state index contributed by atoms with van der Waals surface area (Å²) in [5.41, 5.74) is 2.63. The van der Waals surface area contributed by atoms with Crippen LogP contribution >= 0.6 is 11.6 Å². The Morgan fingerprint density at radius 1 is 1.20 bits per heavy atom. The molecule has 0 saturated carbocycles. The fourth-order valence-electron chi connectivity index (χ4n) is 3.95. The Kier molecular flexibility index (Phi) is 4.88. The second-order valence-electron chi connectivity index (χ2n) is 7.40. The summed E-state index contributed by atoms with van der Waals surface area (Å²) in [5, 5.41) is 13.1. The van der Waals surface area contributed by atoms with Gasteiger partial charge in [0, 0.05) is 22.6 Å². The average Bonchev–Trinajstić information content (AvgIpc) is 3.49. The van der Waals surface area contributed by atoms with Crippen LogP contribution in [0.2, 0.25) is 5.02 Å². The third-order valence-corrected chi connectivity index (χ3v) is 5.68. The maximum atomic E-state index is 13.0. The Hall–Kier alpha value is -3.32. The number of hydrogen-bond acceptors (Lipinski definition) is 4. The molecule has 30 heavy (non-hydrogen) atoms. The van der Waals surface area contributed by atoms with Crippen molar-refractivity contribution in [2.75, 3.05) is 11.9 Å². The van der Waals surface area contributed by atoms with E-state index in [0.29, 0.717) is 18.1 Å². The molecule has 4 aromatic rings. The number of nitrogens with zero attached hydrogens (tertiary/aromatic N) is 4. The first kappa shape index (κ1) is 18.7. The lowest BCUT2D eigenvalue weighted by Crippen LogP contribution is -2.35. The SMILES string of the molecule is O=C(Nc1ccc2occc2c1)N1CCC[C@@H]1c1nncn1Cc1ccc(Cl)cc1. The second-order valence-corrected chi connectivity index (χ2v) is 7.83. The molecule has 1 aliphatic rings. The van der Waals surface area contributed by atoms with E-state index >= 15 is 0 Å². The van der Waals surface area contributed by atoms with Crippen molar-refractivity contribution in [3.8, 4) is 0 Å². The maximum Gasteiger partial charge on any atom is 0.322 e. The predicted octanol–water partition coefficient (Wildman–Crippen LogP) is 5.10. The topological polar surface area (TPSA) is 76.2 Å². The van der Waals surface area contributed by atoms with Gasteiger partial charge < -0.3 is 19.2 Å². The Morgan fingerprint density at radius 2 is 2.07 bits per heavy atom. The number of carbonyl (C=O) groups excluding carboxylic acids is 1. The number of likely N-dealkylation sites (tertiary alicyclic amines) is 1. The van der Waals surface area contributed by atoms with Gasteiger partial charge in [-0.15, -0.1) is 10.2 Å². The van der Waals surface area contributed by atoms with Crippen LogP contribution in [0.15, 0.2) is 65.5 Å². The highest BCUT2D eigenvalue weighted by atomic mass is 35.5. The molecular formula is C22H20ClN5O2. The monoisotopic (exact) mass is 421 g/mol. The molecule has 0 radical (unpaired) electrons. The molecule has 0 spiro atoms. The molecule has 0 bridgehead atoms. The van der Waals surface area contributed by atoms with Crippen LogP contribution in [0, 0.1) is 0 Å². The third-order valence-electron chi connectivity index (χ3n) is 5.43. The summed E-state index contributed by atoms with van der Waals surface area (Å²) in [6, 6.07) is 14.9. The minimum absolute atomic E-state index is 0.113. The van der Waals surface area contributed by atoms with E-state index in [1.807, 2.05) is 58.0 Å². The van der Waals surface area contributed by atoms with E-state index in [1.165, 1.54) is 0 Å². The number of rotatable bonds is 4. The number of aromatic nitrogens is 3. The summed E-state index contributed by atoms with van der Waals surface area (Å²) >= 11 is 5.99. The molecule has 5 rings (SSSR count). The van der Waals surface area contributed by atoms with Crippen LogP contribution in [0.1, 0.15) is 30.3 Å². The molecule has 1 atom stereocenters. The lowest BCUT2D eigenvalue weighted by molar-refractivity contribution is 0.204. The van der Waals surface area contributed by atoms with Crippen molar-refractivity contribution in [3.05, 3.63) is 77.5 Å². The maximum absolute atomic E-state index is 13.0. The Balaban J connectivity index is 1.34. The van der Waals surface area contributed by atoms with E-state index in [1.54, 1.807) is 12.6 Å². The van der Waals surface area contributed by atoms with Crippen molar-refractivity contribution in [2.45, 2.75) is 25.4 Å². The van der Waals surface area contributed by atoms with Gasteiger partial charge in [0.15, 0.2) is 5.82 Å². The molecule has 2 amide bonds. The van der Waals surface area contributed by atoms with E-state index in [2.05, 4.69) is 15.5 Å². The van der Waals surface area contributed by atoms with Crippen LogP contribution in [0.3, 0.4) is 0 Å². The van der Waals surface area contributed by atoms with E-state index in [9.17, 15) is 4.79 Å². The fourth-order valence-corrected chi connectivity index (χ4v) is 4.07. The van der Waals surface area contributed by atoms with Gasteiger partial charge in [-0.05, 0) is 54.8 Å². The number of anilines is 1. The standard InChI is InChI=1S/C22H20ClN5O2/c23-17-5-3-15(4-6-17)13-27-14-24-26-21(27)19-2-1-10-28(19)22(29)25-18-7-8-20-16(12-18)9-11-30-20/h3-9,11-12,14,19H,1-2,10,13H2,(H,25,29)/t19-/m1/s1. The van der Waals surface area contributed by atoms with Crippen molar-refractivity contribution in [3.63, 3.8) is 0 Å². The number of furan rings is 1. The molecule has 1 N–H and O–H groups in total. The second kappa shape index (κ2) is 7.84. The zero-order valence-electron chi connectivity index (χ0n) is 16.2. The highest BCUT2D eigenvalue weighted by Crippen LogP contribution is 2.32. The molecule has 1 fully saturated rings. The molecule has 152 valence electrons. The molecule has 7 nitrogen and oxygen atoms in total. The number of halogens is 1. The first-order valence-corrected chi connectivity index (χ1v) is 10.2. The van der Waals surface area contributed by atoms with Crippen molar-refractivity contribution >= 4 is 34.3 Å². The van der Waals surface area contributed by atoms with Crippen molar-refractivity contribution in [2.24, 2.45) is 0 Å². The normalized spacial score (nSPS) is 16.3. The molecule has 1 aliphatic heterocycles. The van der Waals surface area contributed by atoms with Crippen molar-refractivity contribution in [1.29, 1.82) is 0 Å². The van der Waals surface area contributed by atoms with Gasteiger partial charge >= 0.3 is 6.03 Å². The Bertz CT molecular complexity index is 1180. The van der Waals surface area contributed by atoms with E-state index in [4.69, 9.17) is 16.0 Å². The molecule has 8 heteroatoms. The lowest BCUT2D eigenvalue weighted by Gasteiger charge is -2.25. The minimum Gasteiger partial charge on any atom is -0.464 e. The molecule has 0 unspecified atom stereocenters. The summed E-state index contributed by atoms with van der Waals surface area (Å²) in [6.07, 6.45) is 5.13. The largest absolute Gasteiger partial charge is 0.464 e. The van der Waals surface area contributed by atoms with Crippen molar-refractivity contribution in [1.82, 2.24) is 19.7 Å². The van der Waals surface area contributed by atoms with Crippen LogP contribution in [-0.2, 0) is 6.54 Å². The van der Waals surface area contributed by atoms with E-state index in [-0.39, 0.29) is 12.1 Å². The summed E-state index contributed by atoms with van der Waals surface area (Å²) in [6.45, 7) is 1.31. The number of fused-ring (bicyclic) bond motifs is 1. The quantitative estimate of drug-likeness (QED) is 0.497. The van der Waals surface area contributed by atoms with Crippen LogP contribution in [0.25, 0.3) is 11.0 Å². The van der Waals surface area contributed by atoms with Gasteiger partial charge in [0.1, 0.15) is 11.9 Å². The minimum atomic E-state index is -0.138. The third kappa shape index (κ3) is 3.64. The van der Waals surface area contributed by atoms with Crippen molar-refractivity contribution < 1.29 is 9.21 Å². The Morgan fingerprint density at radius 3 is 2.93 bits per heavy atom. The number of carbonyl (C=O) groups is 1. The summed E-state index contributed by atoms with van der Waals surface area (Å²) in [5.74, 6) is 0.794. The van der Waals surface area contributed by atoms with Gasteiger partial charge in [-0.2, -0.15) is 0 Å². The lowest BCUT2D eigenvalue weighted by atomic mass is 10.2. The van der Waals surface area contributed by atoms with Gasteiger partial charge in [-0.25, -0.2) is 4.79 Å². The molecule has 0 aliphatic carbocycles. The molecule has 3 heterocycles. The molecule has 1 saturated heterocycles. The van der Waals surface area contributed by atoms with E-state index in [0.717, 1.165) is 40.9 Å². The number of amides is 2. The van der Waals surface area contributed by atoms with Gasteiger partial charge in [-0.3, -0.25) is 0 Å². The molecule has 2 aromatic carbocycles. The zero-order valence-corrected chi connectivity index (χ0v) is 16.9. The van der Waals surface area contributed by atoms with Crippen LogP contribution < -0.4 is 5.32 Å². The van der Waals surface area contributed by atoms with Crippen LogP contribution in [-0.4, -0.2) is 32.2 Å². The van der Waals surface area contributed by atoms with Crippen LogP contribution in [0.5, 0.6) is 0 Å². The highest BCUT2D eigenvalue weighted by Gasteiger charge is 2.33. The van der Waals surface area contributed by atoms with Gasteiger partial charge in [0.2, 0.25) is 0 Å². The van der Waals surface area contributed by atoms with E-state index < -0.39 is 0 Å². The summed E-state index contributed by atoms with van der Waals surface area (Å²) in [7, 11) is 0. The number of urea groups is 1. The Labute approximate surface area is 178 Å². The first-order valence-electron chi connectivity index (χ1n) is 9.84. The number of nitrogens with one attached hydrogen (secondary N) is 1.